The number of methoxy groups -OCH3 is 1. The van der Waals surface area contributed by atoms with Crippen LogP contribution < -0.4 is 29.6 Å². The molecule has 4 amide bonds. The van der Waals surface area contributed by atoms with Crippen LogP contribution >= 0.6 is 0 Å². The molecular formula is C46H60N6O10S. The van der Waals surface area contributed by atoms with Crippen LogP contribution in [0.4, 0.5) is 4.79 Å². The number of nitrogens with zero attached hydrogens (tertiary/aromatic N) is 3. The summed E-state index contributed by atoms with van der Waals surface area (Å²) in [5.41, 5.74) is -1.18. The van der Waals surface area contributed by atoms with Crippen LogP contribution in [0, 0.1) is 17.8 Å². The molecule has 2 aromatic carbocycles. The number of carbonyl (C=O) groups excluding carboxylic acids is 4. The van der Waals surface area contributed by atoms with E-state index in [1.807, 2.05) is 57.2 Å². The standard InChI is InChI=1S/C46H60N6O10S/c1-26(2)60-31-15-13-29(14-16-31)39-47-36-22-32(59-8)17-20-35(36)41(49-39)61-33-23-37-40(53)50-46(43(55)51-63(57,58)34-18-19-34)24-30(46)12-10-9-11-27(3)21-28(4)38(42(54)52(37)25-33)48-44(56)62-45(5,6)7/h10,12-17,20,22,26-28,30,33-34,37-38H,9,11,18-19,21,23-25H2,1-8H3,(H,48,56)(H,50,53)(H,51,55)/b12-10-/t27-,28+,30+,33+,37-,38-,46+/m0/s1. The van der Waals surface area contributed by atoms with E-state index in [2.05, 4.69) is 22.3 Å². The zero-order chi connectivity index (χ0) is 45.4. The lowest BCUT2D eigenvalue weighted by Crippen LogP contribution is -2.59. The zero-order valence-corrected chi connectivity index (χ0v) is 38.1. The van der Waals surface area contributed by atoms with Crippen molar-refractivity contribution < 1.29 is 46.5 Å². The minimum Gasteiger partial charge on any atom is -0.497 e. The summed E-state index contributed by atoms with van der Waals surface area (Å²) in [5.74, 6) is -0.891. The second-order valence-corrected chi connectivity index (χ2v) is 20.8. The molecule has 2 aliphatic carbocycles. The molecular weight excluding hydrogens is 829 g/mol. The Balaban J connectivity index is 1.25. The molecule has 1 saturated heterocycles. The summed E-state index contributed by atoms with van der Waals surface area (Å²) in [6.45, 7) is 13.0. The number of hydrogen-bond donors (Lipinski definition) is 3. The molecule has 7 rings (SSSR count). The van der Waals surface area contributed by atoms with Gasteiger partial charge in [0, 0.05) is 24.0 Å². The van der Waals surface area contributed by atoms with Crippen LogP contribution in [0.1, 0.15) is 93.4 Å². The largest absolute Gasteiger partial charge is 0.497 e. The summed E-state index contributed by atoms with van der Waals surface area (Å²) in [5, 5.41) is 5.65. The minimum absolute atomic E-state index is 0.0151. The highest BCUT2D eigenvalue weighted by Crippen LogP contribution is 2.46. The third-order valence-electron chi connectivity index (χ3n) is 11.9. The van der Waals surface area contributed by atoms with Crippen molar-refractivity contribution in [3.05, 3.63) is 54.6 Å². The molecule has 4 aliphatic rings. The van der Waals surface area contributed by atoms with Gasteiger partial charge in [-0.05, 0) is 121 Å². The quantitative estimate of drug-likeness (QED) is 0.206. The van der Waals surface area contributed by atoms with Crippen LogP contribution in [-0.2, 0) is 29.1 Å². The fourth-order valence-electron chi connectivity index (χ4n) is 8.47. The van der Waals surface area contributed by atoms with E-state index in [1.165, 1.54) is 4.90 Å². The molecule has 7 atom stereocenters. The number of hydrogen-bond acceptors (Lipinski definition) is 12. The first kappa shape index (κ1) is 45.6. The van der Waals surface area contributed by atoms with Gasteiger partial charge in [0.25, 0.3) is 5.91 Å². The summed E-state index contributed by atoms with van der Waals surface area (Å²) in [7, 11) is -2.38. The van der Waals surface area contributed by atoms with Gasteiger partial charge in [-0.15, -0.1) is 0 Å². The number of ether oxygens (including phenoxy) is 4. The Kier molecular flexibility index (Phi) is 13.0. The molecule has 3 N–H and O–H groups in total. The van der Waals surface area contributed by atoms with Crippen LogP contribution in [0.3, 0.4) is 0 Å². The highest BCUT2D eigenvalue weighted by Gasteiger charge is 2.62. The van der Waals surface area contributed by atoms with Crippen LogP contribution in [0.2, 0.25) is 0 Å². The number of alkyl carbamates (subject to hydrolysis) is 1. The molecule has 2 aliphatic heterocycles. The van der Waals surface area contributed by atoms with E-state index in [0.29, 0.717) is 59.5 Å². The first-order valence-electron chi connectivity index (χ1n) is 21.9. The van der Waals surface area contributed by atoms with Crippen molar-refractivity contribution in [3.63, 3.8) is 0 Å². The Morgan fingerprint density at radius 1 is 0.984 bits per heavy atom. The molecule has 0 bridgehead atoms. The van der Waals surface area contributed by atoms with E-state index in [0.717, 1.165) is 6.42 Å². The summed E-state index contributed by atoms with van der Waals surface area (Å²) in [4.78, 5) is 68.1. The van der Waals surface area contributed by atoms with Crippen LogP contribution in [0.25, 0.3) is 22.3 Å². The van der Waals surface area contributed by atoms with Gasteiger partial charge in [0.05, 0.1) is 35.9 Å². The van der Waals surface area contributed by atoms with E-state index in [1.54, 1.807) is 46.1 Å². The SMILES string of the molecule is COc1ccc2c(O[C@@H]3C[C@H]4C(=O)N[C@]5(C(=O)NS(=O)(=O)C6CC6)C[C@H]5/C=C\CC[C@H](C)C[C@@H](C)[C@H](NC(=O)OC(C)(C)C)C(=O)N4C3)nc(-c3ccc(OC(C)C)cc3)nc2c1. The van der Waals surface area contributed by atoms with Gasteiger partial charge in [-0.25, -0.2) is 18.2 Å². The van der Waals surface area contributed by atoms with Gasteiger partial charge in [-0.3, -0.25) is 19.1 Å². The lowest BCUT2D eigenvalue weighted by molar-refractivity contribution is -0.142. The van der Waals surface area contributed by atoms with Crippen molar-refractivity contribution >= 4 is 44.7 Å². The number of allylic oxidation sites excluding steroid dienone is 1. The fourth-order valence-corrected chi connectivity index (χ4v) is 9.83. The number of aromatic nitrogens is 2. The molecule has 0 spiro atoms. The van der Waals surface area contributed by atoms with Gasteiger partial charge in [0.2, 0.25) is 27.7 Å². The number of carbonyl (C=O) groups is 4. The third kappa shape index (κ3) is 10.7. The van der Waals surface area contributed by atoms with Gasteiger partial charge >= 0.3 is 6.09 Å². The second kappa shape index (κ2) is 18.0. The number of nitrogens with one attached hydrogen (secondary N) is 3. The predicted octanol–water partition coefficient (Wildman–Crippen LogP) is 5.83. The first-order chi connectivity index (χ1) is 29.7. The molecule has 1 aromatic heterocycles. The number of rotatable bonds is 10. The third-order valence-corrected chi connectivity index (χ3v) is 13.7. The van der Waals surface area contributed by atoms with Crippen LogP contribution in [0.15, 0.2) is 54.6 Å². The van der Waals surface area contributed by atoms with Gasteiger partial charge in [-0.1, -0.05) is 26.0 Å². The molecule has 2 saturated carbocycles. The molecule has 0 unspecified atom stereocenters. The Bertz CT molecular complexity index is 2360. The molecule has 16 nitrogen and oxygen atoms in total. The molecule has 17 heteroatoms. The molecule has 0 radical (unpaired) electrons. The number of amides is 4. The average Bonchev–Trinajstić information content (AvgIpc) is 4.14. The van der Waals surface area contributed by atoms with E-state index < -0.39 is 74.3 Å². The molecule has 63 heavy (non-hydrogen) atoms. The van der Waals surface area contributed by atoms with Crippen LogP contribution in [-0.4, -0.2) is 101 Å². The van der Waals surface area contributed by atoms with Gasteiger partial charge in [0.1, 0.15) is 40.8 Å². The van der Waals surface area contributed by atoms with Crippen molar-refractivity contribution in [1.82, 2.24) is 30.2 Å². The first-order valence-corrected chi connectivity index (χ1v) is 23.4. The summed E-state index contributed by atoms with van der Waals surface area (Å²) >= 11 is 0. The summed E-state index contributed by atoms with van der Waals surface area (Å²) in [6, 6.07) is 10.4. The van der Waals surface area contributed by atoms with E-state index in [4.69, 9.17) is 28.9 Å². The Hall–Kier alpha value is -5.45. The normalized spacial score (nSPS) is 27.2. The fraction of sp³-hybridized carbons (Fsp3) is 0.565. The summed E-state index contributed by atoms with van der Waals surface area (Å²) < 4.78 is 51.9. The molecule has 340 valence electrons. The van der Waals surface area contributed by atoms with Crippen molar-refractivity contribution in [2.75, 3.05) is 13.7 Å². The Morgan fingerprint density at radius 2 is 1.70 bits per heavy atom. The Labute approximate surface area is 369 Å². The average molecular weight is 889 g/mol. The maximum Gasteiger partial charge on any atom is 0.408 e. The molecule has 3 heterocycles. The predicted molar refractivity (Wildman–Crippen MR) is 235 cm³/mol. The molecule has 3 fully saturated rings. The lowest BCUT2D eigenvalue weighted by Gasteiger charge is -2.33. The maximum absolute atomic E-state index is 15.0. The van der Waals surface area contributed by atoms with E-state index >= 15 is 4.79 Å². The minimum atomic E-state index is -3.94. The zero-order valence-electron chi connectivity index (χ0n) is 37.3. The monoisotopic (exact) mass is 888 g/mol. The van der Waals surface area contributed by atoms with Crippen molar-refractivity contribution in [3.8, 4) is 28.8 Å². The van der Waals surface area contributed by atoms with E-state index in [9.17, 15) is 22.8 Å². The van der Waals surface area contributed by atoms with Gasteiger partial charge in [0.15, 0.2) is 5.82 Å². The highest BCUT2D eigenvalue weighted by molar-refractivity contribution is 7.91. The number of fused-ring (bicyclic) bond motifs is 3. The second-order valence-electron chi connectivity index (χ2n) is 18.8. The van der Waals surface area contributed by atoms with Crippen LogP contribution in [0.5, 0.6) is 17.4 Å². The summed E-state index contributed by atoms with van der Waals surface area (Å²) in [6.07, 6.45) is 5.29. The van der Waals surface area contributed by atoms with Gasteiger partial charge < -0.3 is 34.5 Å². The number of benzene rings is 2. The van der Waals surface area contributed by atoms with Crippen molar-refractivity contribution in [2.45, 2.75) is 134 Å². The van der Waals surface area contributed by atoms with E-state index in [-0.39, 0.29) is 43.2 Å². The topological polar surface area (TPSA) is 204 Å². The van der Waals surface area contributed by atoms with Crippen molar-refractivity contribution in [1.29, 1.82) is 0 Å². The Morgan fingerprint density at radius 3 is 2.37 bits per heavy atom. The molecule has 3 aromatic rings. The van der Waals surface area contributed by atoms with Crippen molar-refractivity contribution in [2.24, 2.45) is 17.8 Å². The smallest absolute Gasteiger partial charge is 0.408 e. The number of sulfonamides is 1. The highest BCUT2D eigenvalue weighted by atomic mass is 32.2. The van der Waals surface area contributed by atoms with Gasteiger partial charge in [-0.2, -0.15) is 4.98 Å². The lowest BCUT2D eigenvalue weighted by atomic mass is 9.88. The maximum atomic E-state index is 15.0.